The van der Waals surface area contributed by atoms with Gasteiger partial charge in [0.15, 0.2) is 0 Å². The van der Waals surface area contributed by atoms with Gasteiger partial charge in [0.2, 0.25) is 0 Å². The third-order valence-electron chi connectivity index (χ3n) is 2.60. The minimum atomic E-state index is -0.574. The SMILES string of the molecule is NCO[B][C@@H](Cc1cc(F)cc(F)c1)[C@H]1CO1. The van der Waals surface area contributed by atoms with Crippen LogP contribution in [0.15, 0.2) is 18.2 Å². The molecule has 0 amide bonds. The van der Waals surface area contributed by atoms with Crippen molar-refractivity contribution in [1.82, 2.24) is 0 Å². The van der Waals surface area contributed by atoms with Crippen LogP contribution in [0.5, 0.6) is 0 Å². The summed E-state index contributed by atoms with van der Waals surface area (Å²) in [5.74, 6) is -1.18. The molecule has 0 aromatic heterocycles. The summed E-state index contributed by atoms with van der Waals surface area (Å²) in [6.07, 6.45) is 0.534. The van der Waals surface area contributed by atoms with Crippen LogP contribution in [0.25, 0.3) is 0 Å². The minimum absolute atomic E-state index is 0.0280. The van der Waals surface area contributed by atoms with Crippen molar-refractivity contribution in [3.05, 3.63) is 35.4 Å². The van der Waals surface area contributed by atoms with Gasteiger partial charge in [-0.3, -0.25) is 0 Å². The van der Waals surface area contributed by atoms with E-state index in [1.807, 2.05) is 0 Å². The van der Waals surface area contributed by atoms with Crippen molar-refractivity contribution in [1.29, 1.82) is 0 Å². The molecule has 0 aliphatic carbocycles. The largest absolute Gasteiger partial charge is 0.428 e. The molecule has 0 spiro atoms. The number of rotatable bonds is 6. The minimum Gasteiger partial charge on any atom is -0.428 e. The zero-order valence-corrected chi connectivity index (χ0v) is 9.24. The van der Waals surface area contributed by atoms with E-state index in [0.29, 0.717) is 18.6 Å². The van der Waals surface area contributed by atoms with E-state index in [1.54, 1.807) is 7.48 Å². The highest BCUT2D eigenvalue weighted by Gasteiger charge is 2.34. The Balaban J connectivity index is 2.00. The van der Waals surface area contributed by atoms with Crippen LogP contribution in [-0.4, -0.2) is 26.9 Å². The van der Waals surface area contributed by atoms with Gasteiger partial charge in [-0.1, -0.05) is 0 Å². The Hall–Kier alpha value is -0.975. The predicted molar refractivity (Wildman–Crippen MR) is 59.4 cm³/mol. The number of nitrogens with two attached hydrogens (primary N) is 1. The fourth-order valence-corrected chi connectivity index (χ4v) is 1.75. The van der Waals surface area contributed by atoms with Crippen LogP contribution < -0.4 is 5.73 Å². The summed E-state index contributed by atoms with van der Waals surface area (Å²) in [6, 6.07) is 3.48. The Bertz CT molecular complexity index is 367. The van der Waals surface area contributed by atoms with Gasteiger partial charge in [0.25, 0.3) is 0 Å². The Kier molecular flexibility index (Phi) is 4.09. The lowest BCUT2D eigenvalue weighted by Gasteiger charge is -2.12. The van der Waals surface area contributed by atoms with E-state index in [1.165, 1.54) is 12.1 Å². The molecule has 1 radical (unpaired) electrons. The maximum Gasteiger partial charge on any atom is 0.300 e. The lowest BCUT2D eigenvalue weighted by atomic mass is 9.73. The number of epoxide rings is 1. The molecular weight excluding hydrogens is 227 g/mol. The standard InChI is InChI=1S/C11H13BF2NO2/c13-8-1-7(2-9(14)4-8)3-10(11-5-16-11)12-17-6-15/h1-2,4,10-11H,3,5-6,15H2/t10-,11+/m0/s1. The molecule has 3 nitrogen and oxygen atoms in total. The van der Waals surface area contributed by atoms with Crippen LogP contribution >= 0.6 is 0 Å². The Morgan fingerprint density at radius 3 is 2.59 bits per heavy atom. The van der Waals surface area contributed by atoms with Crippen LogP contribution in [0.2, 0.25) is 5.82 Å². The van der Waals surface area contributed by atoms with Crippen molar-refractivity contribution in [2.75, 3.05) is 13.3 Å². The molecule has 0 saturated carbocycles. The van der Waals surface area contributed by atoms with E-state index in [9.17, 15) is 8.78 Å². The van der Waals surface area contributed by atoms with Crippen molar-refractivity contribution >= 4 is 7.48 Å². The molecule has 6 heteroatoms. The van der Waals surface area contributed by atoms with Gasteiger partial charge in [-0.15, -0.1) is 0 Å². The van der Waals surface area contributed by atoms with Crippen molar-refractivity contribution in [2.45, 2.75) is 18.3 Å². The van der Waals surface area contributed by atoms with Crippen molar-refractivity contribution < 1.29 is 18.2 Å². The lowest BCUT2D eigenvalue weighted by molar-refractivity contribution is 0.325. The van der Waals surface area contributed by atoms with Crippen LogP contribution in [0, 0.1) is 11.6 Å². The van der Waals surface area contributed by atoms with Gasteiger partial charge in [0.05, 0.1) is 19.4 Å². The van der Waals surface area contributed by atoms with Gasteiger partial charge in [-0.25, -0.2) is 8.78 Å². The quantitative estimate of drug-likeness (QED) is 0.462. The monoisotopic (exact) mass is 240 g/mol. The average Bonchev–Trinajstić information content (AvgIpc) is 3.06. The van der Waals surface area contributed by atoms with E-state index in [4.69, 9.17) is 15.1 Å². The zero-order valence-electron chi connectivity index (χ0n) is 9.24. The fraction of sp³-hybridized carbons (Fsp3) is 0.455. The molecule has 0 unspecified atom stereocenters. The average molecular weight is 240 g/mol. The van der Waals surface area contributed by atoms with Crippen LogP contribution in [-0.2, 0) is 15.8 Å². The summed E-state index contributed by atoms with van der Waals surface area (Å²) in [6.45, 7) is 0.730. The smallest absolute Gasteiger partial charge is 0.300 e. The molecule has 2 rings (SSSR count). The van der Waals surface area contributed by atoms with Gasteiger partial charge in [-0.05, 0) is 29.9 Å². The van der Waals surface area contributed by atoms with Crippen LogP contribution in [0.1, 0.15) is 5.56 Å². The molecular formula is C11H13BF2NO2. The number of ether oxygens (including phenoxy) is 1. The molecule has 1 aromatic rings. The molecule has 91 valence electrons. The molecule has 1 aliphatic heterocycles. The normalized spacial score (nSPS) is 20.1. The molecule has 17 heavy (non-hydrogen) atoms. The van der Waals surface area contributed by atoms with Crippen molar-refractivity contribution in [2.24, 2.45) is 5.73 Å². The molecule has 1 fully saturated rings. The third-order valence-corrected chi connectivity index (χ3v) is 2.60. The van der Waals surface area contributed by atoms with E-state index in [0.717, 1.165) is 6.07 Å². The zero-order chi connectivity index (χ0) is 12.3. The van der Waals surface area contributed by atoms with Gasteiger partial charge in [0, 0.05) is 6.07 Å². The molecule has 0 bridgehead atoms. The van der Waals surface area contributed by atoms with Gasteiger partial charge in [-0.2, -0.15) is 0 Å². The van der Waals surface area contributed by atoms with Gasteiger partial charge < -0.3 is 15.1 Å². The second kappa shape index (κ2) is 5.57. The number of halogens is 2. The maximum atomic E-state index is 13.0. The highest BCUT2D eigenvalue weighted by atomic mass is 19.1. The summed E-state index contributed by atoms with van der Waals surface area (Å²) >= 11 is 0. The van der Waals surface area contributed by atoms with Gasteiger partial charge in [0.1, 0.15) is 11.6 Å². The van der Waals surface area contributed by atoms with E-state index < -0.39 is 11.6 Å². The molecule has 1 aliphatic rings. The number of hydrogen-bond acceptors (Lipinski definition) is 3. The van der Waals surface area contributed by atoms with Crippen molar-refractivity contribution in [3.8, 4) is 0 Å². The fourth-order valence-electron chi connectivity index (χ4n) is 1.75. The molecule has 1 heterocycles. The number of hydrogen-bond donors (Lipinski definition) is 1. The lowest BCUT2D eigenvalue weighted by Crippen LogP contribution is -2.19. The van der Waals surface area contributed by atoms with E-state index in [-0.39, 0.29) is 18.7 Å². The first-order valence-corrected chi connectivity index (χ1v) is 5.40. The molecule has 2 atom stereocenters. The van der Waals surface area contributed by atoms with Gasteiger partial charge >= 0.3 is 7.48 Å². The summed E-state index contributed by atoms with van der Waals surface area (Å²) in [4.78, 5) is 0. The van der Waals surface area contributed by atoms with E-state index >= 15 is 0 Å². The van der Waals surface area contributed by atoms with Crippen molar-refractivity contribution in [3.63, 3.8) is 0 Å². The first-order chi connectivity index (χ1) is 8.19. The Morgan fingerprint density at radius 2 is 2.06 bits per heavy atom. The highest BCUT2D eigenvalue weighted by molar-refractivity contribution is 6.30. The van der Waals surface area contributed by atoms with Crippen LogP contribution in [0.3, 0.4) is 0 Å². The second-order valence-electron chi connectivity index (χ2n) is 3.99. The Morgan fingerprint density at radius 1 is 1.41 bits per heavy atom. The van der Waals surface area contributed by atoms with Crippen LogP contribution in [0.4, 0.5) is 8.78 Å². The van der Waals surface area contributed by atoms with E-state index in [2.05, 4.69) is 0 Å². The second-order valence-corrected chi connectivity index (χ2v) is 3.99. The third kappa shape index (κ3) is 3.76. The Labute approximate surface area is 99.2 Å². The first kappa shape index (κ1) is 12.5. The summed E-state index contributed by atoms with van der Waals surface area (Å²) in [5, 5.41) is 0. The predicted octanol–water partition coefficient (Wildman–Crippen LogP) is 1.25. The summed E-state index contributed by atoms with van der Waals surface area (Å²) in [7, 11) is 1.58. The molecule has 1 saturated heterocycles. The topological polar surface area (TPSA) is 47.8 Å². The maximum absolute atomic E-state index is 13.0. The molecule has 1 aromatic carbocycles. The summed E-state index contributed by atoms with van der Waals surface area (Å²) in [5.41, 5.74) is 5.81. The highest BCUT2D eigenvalue weighted by Crippen LogP contribution is 2.28. The first-order valence-electron chi connectivity index (χ1n) is 5.40. The molecule has 2 N–H and O–H groups in total. The number of benzene rings is 1. The summed E-state index contributed by atoms with van der Waals surface area (Å²) < 4.78 is 36.2.